The number of aromatic hydroxyl groups is 1. The minimum atomic E-state index is 0.0870. The minimum Gasteiger partial charge on any atom is -0.505 e. The Bertz CT molecular complexity index is 629. The highest BCUT2D eigenvalue weighted by molar-refractivity contribution is 6.04. The molecule has 1 aliphatic heterocycles. The Labute approximate surface area is 112 Å². The molecular formula is C15H17N3O. The summed E-state index contributed by atoms with van der Waals surface area (Å²) in [6.07, 6.45) is 6.20. The molecule has 4 heteroatoms. The highest BCUT2D eigenvalue weighted by Gasteiger charge is 2.27. The molecule has 0 fully saturated rings. The molecule has 0 bridgehead atoms. The van der Waals surface area contributed by atoms with Crippen LogP contribution in [0.4, 0.5) is 5.69 Å². The number of rotatable bonds is 1. The third kappa shape index (κ3) is 2.04. The molecule has 4 nitrogen and oxygen atoms in total. The first-order valence-electron chi connectivity index (χ1n) is 6.36. The summed E-state index contributed by atoms with van der Waals surface area (Å²) in [7, 11) is 0. The first-order chi connectivity index (χ1) is 9.04. The van der Waals surface area contributed by atoms with Gasteiger partial charge in [0.15, 0.2) is 0 Å². The van der Waals surface area contributed by atoms with E-state index in [4.69, 9.17) is 0 Å². The van der Waals surface area contributed by atoms with Crippen LogP contribution in [-0.2, 0) is 0 Å². The quantitative estimate of drug-likeness (QED) is 0.811. The monoisotopic (exact) mass is 255 g/mol. The molecule has 1 atom stereocenters. The Morgan fingerprint density at radius 1 is 1.26 bits per heavy atom. The smallest absolute Gasteiger partial charge is 0.145 e. The van der Waals surface area contributed by atoms with Crippen molar-refractivity contribution in [2.24, 2.45) is 5.10 Å². The fraction of sp³-hybridized carbons (Fsp3) is 0.267. The van der Waals surface area contributed by atoms with E-state index >= 15 is 0 Å². The molecule has 0 aromatic heterocycles. The summed E-state index contributed by atoms with van der Waals surface area (Å²) in [5, 5.41) is 16.4. The molecule has 1 heterocycles. The maximum absolute atomic E-state index is 10.2. The predicted molar refractivity (Wildman–Crippen MR) is 77.3 cm³/mol. The van der Waals surface area contributed by atoms with E-state index in [9.17, 15) is 5.11 Å². The van der Waals surface area contributed by atoms with Gasteiger partial charge >= 0.3 is 0 Å². The molecular weight excluding hydrogens is 238 g/mol. The Hall–Kier alpha value is -2.07. The van der Waals surface area contributed by atoms with E-state index in [0.29, 0.717) is 5.69 Å². The van der Waals surface area contributed by atoms with Crippen LogP contribution >= 0.6 is 0 Å². The zero-order chi connectivity index (χ0) is 13.6. The molecule has 2 aliphatic rings. The number of nitrogens with zero attached hydrogens (tertiary/aromatic N) is 2. The first kappa shape index (κ1) is 12.0. The third-order valence-electron chi connectivity index (χ3n) is 3.38. The van der Waals surface area contributed by atoms with Crippen LogP contribution in [0.2, 0.25) is 0 Å². The molecule has 0 spiro atoms. The summed E-state index contributed by atoms with van der Waals surface area (Å²) in [4.78, 5) is 0. The fourth-order valence-corrected chi connectivity index (χ4v) is 2.42. The lowest BCUT2D eigenvalue weighted by atomic mass is 10.0. The van der Waals surface area contributed by atoms with Gasteiger partial charge in [-0.1, -0.05) is 18.2 Å². The number of hydrazine groups is 1. The van der Waals surface area contributed by atoms with E-state index in [1.54, 1.807) is 5.12 Å². The number of phenols is 1. The van der Waals surface area contributed by atoms with Crippen LogP contribution < -0.4 is 10.5 Å². The Kier molecular flexibility index (Phi) is 2.68. The van der Waals surface area contributed by atoms with Gasteiger partial charge in [0, 0.05) is 0 Å². The van der Waals surface area contributed by atoms with E-state index in [1.165, 1.54) is 5.57 Å². The number of aryl methyl sites for hydroxylation is 2. The minimum absolute atomic E-state index is 0.0870. The van der Waals surface area contributed by atoms with Gasteiger partial charge in [0.25, 0.3) is 0 Å². The standard InChI is InChI=1S/C15H17N3O/c1-9-4-5-12-13(7-9)17-18(16-12)14-8-10(2)6-11(3)15(14)19/h4-8,12,16,19H,1-3H3. The largest absolute Gasteiger partial charge is 0.505 e. The summed E-state index contributed by atoms with van der Waals surface area (Å²) in [6.45, 7) is 5.95. The zero-order valence-corrected chi connectivity index (χ0v) is 11.3. The normalized spacial score (nSPS) is 21.2. The maximum atomic E-state index is 10.2. The lowest BCUT2D eigenvalue weighted by molar-refractivity contribution is 0.467. The van der Waals surface area contributed by atoms with Crippen molar-refractivity contribution in [1.82, 2.24) is 5.43 Å². The van der Waals surface area contributed by atoms with Crippen molar-refractivity contribution in [3.05, 3.63) is 47.1 Å². The number of hydrogen-bond acceptors (Lipinski definition) is 4. The predicted octanol–water partition coefficient (Wildman–Crippen LogP) is 2.57. The molecule has 0 amide bonds. The maximum Gasteiger partial charge on any atom is 0.145 e. The SMILES string of the molecule is CC1=CC2=NN(c3cc(C)cc(C)c3O)NC2C=C1. The number of phenolic OH excluding ortho intramolecular Hbond substituents is 1. The number of benzene rings is 1. The van der Waals surface area contributed by atoms with Gasteiger partial charge in [0.1, 0.15) is 11.4 Å². The van der Waals surface area contributed by atoms with Gasteiger partial charge in [0.05, 0.1) is 11.8 Å². The van der Waals surface area contributed by atoms with Crippen molar-refractivity contribution < 1.29 is 5.11 Å². The summed E-state index contributed by atoms with van der Waals surface area (Å²) in [5.74, 6) is 0.269. The third-order valence-corrected chi connectivity index (χ3v) is 3.38. The molecule has 0 radical (unpaired) electrons. The molecule has 0 saturated heterocycles. The lowest BCUT2D eigenvalue weighted by Crippen LogP contribution is -2.37. The molecule has 2 N–H and O–H groups in total. The number of hydrazone groups is 1. The van der Waals surface area contributed by atoms with E-state index in [2.05, 4.69) is 28.8 Å². The van der Waals surface area contributed by atoms with E-state index < -0.39 is 0 Å². The average Bonchev–Trinajstić information content (AvgIpc) is 2.76. The molecule has 1 unspecified atom stereocenters. The second-order valence-electron chi connectivity index (χ2n) is 5.14. The second-order valence-corrected chi connectivity index (χ2v) is 5.14. The number of hydrogen-bond donors (Lipinski definition) is 2. The van der Waals surface area contributed by atoms with Crippen LogP contribution in [0.15, 0.2) is 41.0 Å². The summed E-state index contributed by atoms with van der Waals surface area (Å²) in [6, 6.07) is 3.97. The second kappa shape index (κ2) is 4.24. The van der Waals surface area contributed by atoms with Crippen molar-refractivity contribution in [1.29, 1.82) is 0 Å². The number of nitrogens with one attached hydrogen (secondary N) is 1. The molecule has 1 aromatic rings. The highest BCUT2D eigenvalue weighted by atomic mass is 16.3. The molecule has 98 valence electrons. The van der Waals surface area contributed by atoms with Crippen LogP contribution in [0.3, 0.4) is 0 Å². The van der Waals surface area contributed by atoms with Crippen LogP contribution in [-0.4, -0.2) is 16.9 Å². The van der Waals surface area contributed by atoms with Gasteiger partial charge in [-0.3, -0.25) is 0 Å². The van der Waals surface area contributed by atoms with Crippen LogP contribution in [0.5, 0.6) is 5.75 Å². The van der Waals surface area contributed by atoms with Crippen molar-refractivity contribution in [3.63, 3.8) is 0 Å². The molecule has 19 heavy (non-hydrogen) atoms. The van der Waals surface area contributed by atoms with Gasteiger partial charge < -0.3 is 5.11 Å². The van der Waals surface area contributed by atoms with Gasteiger partial charge in [-0.05, 0) is 49.6 Å². The van der Waals surface area contributed by atoms with Crippen molar-refractivity contribution in [2.75, 3.05) is 5.12 Å². The number of fused-ring (bicyclic) bond motifs is 1. The van der Waals surface area contributed by atoms with Crippen LogP contribution in [0.1, 0.15) is 18.1 Å². The summed E-state index contributed by atoms with van der Waals surface area (Å²) >= 11 is 0. The van der Waals surface area contributed by atoms with Crippen molar-refractivity contribution >= 4 is 11.4 Å². The highest BCUT2D eigenvalue weighted by Crippen LogP contribution is 2.33. The molecule has 0 saturated carbocycles. The fourth-order valence-electron chi connectivity index (χ4n) is 2.42. The topological polar surface area (TPSA) is 47.9 Å². The summed E-state index contributed by atoms with van der Waals surface area (Å²) in [5.41, 5.74) is 8.07. The van der Waals surface area contributed by atoms with Gasteiger partial charge in [-0.25, -0.2) is 0 Å². The van der Waals surface area contributed by atoms with Crippen LogP contribution in [0, 0.1) is 13.8 Å². The Morgan fingerprint density at radius 3 is 2.84 bits per heavy atom. The van der Waals surface area contributed by atoms with Crippen molar-refractivity contribution in [3.8, 4) is 5.75 Å². The number of anilines is 1. The van der Waals surface area contributed by atoms with E-state index in [1.807, 2.05) is 32.9 Å². The first-order valence-corrected chi connectivity index (χ1v) is 6.36. The summed E-state index contributed by atoms with van der Waals surface area (Å²) < 4.78 is 0. The van der Waals surface area contributed by atoms with Gasteiger partial charge in [-0.15, -0.1) is 0 Å². The van der Waals surface area contributed by atoms with Crippen molar-refractivity contribution in [2.45, 2.75) is 26.8 Å². The van der Waals surface area contributed by atoms with Gasteiger partial charge in [-0.2, -0.15) is 15.6 Å². The Morgan fingerprint density at radius 2 is 2.05 bits per heavy atom. The molecule has 3 rings (SSSR count). The lowest BCUT2D eigenvalue weighted by Gasteiger charge is -2.19. The molecule has 1 aromatic carbocycles. The number of allylic oxidation sites excluding steroid dienone is 2. The molecule has 1 aliphatic carbocycles. The van der Waals surface area contributed by atoms with E-state index in [0.717, 1.165) is 16.8 Å². The van der Waals surface area contributed by atoms with Crippen LogP contribution in [0.25, 0.3) is 0 Å². The Balaban J connectivity index is 2.00. The average molecular weight is 255 g/mol. The zero-order valence-electron chi connectivity index (χ0n) is 11.3. The van der Waals surface area contributed by atoms with E-state index in [-0.39, 0.29) is 11.8 Å². The van der Waals surface area contributed by atoms with Gasteiger partial charge in [0.2, 0.25) is 0 Å².